The molecule has 2 heterocycles. The summed E-state index contributed by atoms with van der Waals surface area (Å²) in [6, 6.07) is 20.9. The molecule has 0 saturated carbocycles. The fraction of sp³-hybridized carbons (Fsp3) is 0.286. The molecule has 35 heavy (non-hydrogen) atoms. The fourth-order valence-electron chi connectivity index (χ4n) is 4.80. The number of hydrogen-bond donors (Lipinski definition) is 0. The van der Waals surface area contributed by atoms with Crippen LogP contribution >= 0.6 is 0 Å². The van der Waals surface area contributed by atoms with E-state index >= 15 is 0 Å². The quantitative estimate of drug-likeness (QED) is 0.535. The molecule has 2 aliphatic heterocycles. The molecule has 0 radical (unpaired) electrons. The number of carbonyl (C=O) groups excluding carboxylic acids is 1. The van der Waals surface area contributed by atoms with Crippen molar-refractivity contribution in [2.45, 2.75) is 19.4 Å². The normalized spacial score (nSPS) is 18.6. The summed E-state index contributed by atoms with van der Waals surface area (Å²) in [4.78, 5) is 17.5. The highest BCUT2D eigenvalue weighted by molar-refractivity contribution is 6.03. The molecule has 0 N–H and O–H groups in total. The lowest BCUT2D eigenvalue weighted by Gasteiger charge is -2.36. The molecule has 0 aromatic heterocycles. The topological polar surface area (TPSA) is 39.2 Å². The molecule has 5 rings (SSSR count). The zero-order valence-electron chi connectivity index (χ0n) is 19.7. The molecule has 1 amide bonds. The van der Waals surface area contributed by atoms with Gasteiger partial charge in [0.25, 0.3) is 5.91 Å². The van der Waals surface area contributed by atoms with Crippen molar-refractivity contribution in [1.29, 1.82) is 0 Å². The Hall–Kier alpha value is -3.58. The molecule has 2 aliphatic rings. The summed E-state index contributed by atoms with van der Waals surface area (Å²) in [6.07, 6.45) is 0.571. The maximum Gasteiger partial charge on any atom is 0.257 e. The second-order valence-corrected chi connectivity index (χ2v) is 9.14. The summed E-state index contributed by atoms with van der Waals surface area (Å²) in [5, 5.41) is 6.30. The number of aryl methyl sites for hydroxylation is 1. The van der Waals surface area contributed by atoms with Crippen LogP contribution in [-0.2, 0) is 4.79 Å². The van der Waals surface area contributed by atoms with Crippen molar-refractivity contribution in [3.8, 4) is 0 Å². The van der Waals surface area contributed by atoms with Gasteiger partial charge in [-0.25, -0.2) is 13.8 Å². The summed E-state index contributed by atoms with van der Waals surface area (Å²) in [6.45, 7) is 4.86. The second-order valence-electron chi connectivity index (χ2n) is 9.14. The van der Waals surface area contributed by atoms with Crippen LogP contribution in [0.1, 0.15) is 29.2 Å². The van der Waals surface area contributed by atoms with Crippen molar-refractivity contribution >= 4 is 17.3 Å². The molecule has 1 fully saturated rings. The number of benzene rings is 3. The third kappa shape index (κ3) is 5.10. The summed E-state index contributed by atoms with van der Waals surface area (Å²) < 4.78 is 27.7. The third-order valence-corrected chi connectivity index (χ3v) is 6.70. The number of anilines is 1. The van der Waals surface area contributed by atoms with Gasteiger partial charge in [-0.05, 0) is 42.3 Å². The fourth-order valence-corrected chi connectivity index (χ4v) is 4.80. The Bertz CT molecular complexity index is 1240. The minimum Gasteiger partial charge on any atom is -0.367 e. The standard InChI is InChI=1S/C28H28F2N4O/c1-20-5-4-6-22(17-20)25-18-27(21-9-11-23(29)12-10-21)34(31-25)28(35)19-32-13-15-33(16-14-32)26-8-3-2-7-24(26)30/h2-12,17,27H,13-16,18-19H2,1H3. The first-order valence-electron chi connectivity index (χ1n) is 11.9. The van der Waals surface area contributed by atoms with Gasteiger partial charge in [0, 0.05) is 32.6 Å². The molecule has 1 saturated heterocycles. The van der Waals surface area contributed by atoms with E-state index < -0.39 is 0 Å². The first-order valence-corrected chi connectivity index (χ1v) is 11.9. The molecule has 1 atom stereocenters. The summed E-state index contributed by atoms with van der Waals surface area (Å²) in [5.74, 6) is -0.632. The van der Waals surface area contributed by atoms with E-state index in [0.29, 0.717) is 38.3 Å². The third-order valence-electron chi connectivity index (χ3n) is 6.70. The van der Waals surface area contributed by atoms with Crippen LogP contribution in [0.2, 0.25) is 0 Å². The van der Waals surface area contributed by atoms with Gasteiger partial charge in [0.1, 0.15) is 11.6 Å². The number of amides is 1. The van der Waals surface area contributed by atoms with Gasteiger partial charge in [0.15, 0.2) is 0 Å². The SMILES string of the molecule is Cc1cccc(C2=NN(C(=O)CN3CCN(c4ccccc4F)CC3)C(c3ccc(F)cc3)C2)c1. The number of carbonyl (C=O) groups is 1. The second kappa shape index (κ2) is 9.96. The Morgan fingerprint density at radius 3 is 2.40 bits per heavy atom. The van der Waals surface area contributed by atoms with E-state index in [1.54, 1.807) is 29.3 Å². The number of hydrogen-bond acceptors (Lipinski definition) is 4. The Balaban J connectivity index is 1.31. The molecule has 3 aromatic carbocycles. The van der Waals surface area contributed by atoms with E-state index in [9.17, 15) is 13.6 Å². The van der Waals surface area contributed by atoms with E-state index in [1.165, 1.54) is 18.2 Å². The van der Waals surface area contributed by atoms with Gasteiger partial charge >= 0.3 is 0 Å². The van der Waals surface area contributed by atoms with Gasteiger partial charge < -0.3 is 4.90 Å². The van der Waals surface area contributed by atoms with Crippen LogP contribution in [0.5, 0.6) is 0 Å². The van der Waals surface area contributed by atoms with E-state index in [2.05, 4.69) is 11.0 Å². The van der Waals surface area contributed by atoms with Crippen molar-refractivity contribution in [2.24, 2.45) is 5.10 Å². The van der Waals surface area contributed by atoms with E-state index in [0.717, 1.165) is 22.4 Å². The molecule has 180 valence electrons. The van der Waals surface area contributed by atoms with Gasteiger partial charge in [-0.1, -0.05) is 54.1 Å². The molecule has 1 unspecified atom stereocenters. The van der Waals surface area contributed by atoms with Crippen molar-refractivity contribution in [3.05, 3.63) is 101 Å². The Kier molecular flexibility index (Phi) is 6.59. The van der Waals surface area contributed by atoms with Crippen LogP contribution in [0.4, 0.5) is 14.5 Å². The van der Waals surface area contributed by atoms with Crippen LogP contribution in [-0.4, -0.2) is 54.3 Å². The first kappa shape index (κ1) is 23.2. The minimum absolute atomic E-state index is 0.0960. The number of para-hydroxylation sites is 1. The molecule has 0 aliphatic carbocycles. The predicted molar refractivity (Wildman–Crippen MR) is 133 cm³/mol. The maximum atomic E-state index is 14.2. The van der Waals surface area contributed by atoms with Crippen LogP contribution in [0.3, 0.4) is 0 Å². The van der Waals surface area contributed by atoms with Gasteiger partial charge in [-0.15, -0.1) is 0 Å². The zero-order chi connectivity index (χ0) is 24.4. The van der Waals surface area contributed by atoms with E-state index in [-0.39, 0.29) is 30.1 Å². The monoisotopic (exact) mass is 474 g/mol. The van der Waals surface area contributed by atoms with E-state index in [1.807, 2.05) is 36.1 Å². The predicted octanol–water partition coefficient (Wildman–Crippen LogP) is 4.77. The maximum absolute atomic E-state index is 14.2. The minimum atomic E-state index is -0.308. The number of hydrazone groups is 1. The summed E-state index contributed by atoms with van der Waals surface area (Å²) in [5.41, 5.74) is 4.42. The average Bonchev–Trinajstić information content (AvgIpc) is 3.31. The molecule has 5 nitrogen and oxygen atoms in total. The summed E-state index contributed by atoms with van der Waals surface area (Å²) >= 11 is 0. The number of halogens is 2. The Morgan fingerprint density at radius 2 is 1.69 bits per heavy atom. The lowest BCUT2D eigenvalue weighted by Crippen LogP contribution is -2.49. The molecular weight excluding hydrogens is 446 g/mol. The van der Waals surface area contributed by atoms with Crippen LogP contribution in [0.15, 0.2) is 77.9 Å². The summed E-state index contributed by atoms with van der Waals surface area (Å²) in [7, 11) is 0. The molecule has 7 heteroatoms. The van der Waals surface area contributed by atoms with Crippen molar-refractivity contribution in [2.75, 3.05) is 37.6 Å². The van der Waals surface area contributed by atoms with Crippen LogP contribution in [0, 0.1) is 18.6 Å². The van der Waals surface area contributed by atoms with E-state index in [4.69, 9.17) is 5.10 Å². The first-order chi connectivity index (χ1) is 17.0. The highest BCUT2D eigenvalue weighted by Gasteiger charge is 2.34. The van der Waals surface area contributed by atoms with Crippen LogP contribution < -0.4 is 4.90 Å². The zero-order valence-corrected chi connectivity index (χ0v) is 19.7. The van der Waals surface area contributed by atoms with Crippen molar-refractivity contribution < 1.29 is 13.6 Å². The number of nitrogens with zero attached hydrogens (tertiary/aromatic N) is 4. The largest absolute Gasteiger partial charge is 0.367 e. The highest BCUT2D eigenvalue weighted by Crippen LogP contribution is 2.33. The van der Waals surface area contributed by atoms with Crippen molar-refractivity contribution in [1.82, 2.24) is 9.91 Å². The lowest BCUT2D eigenvalue weighted by molar-refractivity contribution is -0.134. The smallest absolute Gasteiger partial charge is 0.257 e. The van der Waals surface area contributed by atoms with Crippen LogP contribution in [0.25, 0.3) is 0 Å². The molecular formula is C28H28F2N4O. The highest BCUT2D eigenvalue weighted by atomic mass is 19.1. The van der Waals surface area contributed by atoms with Gasteiger partial charge in [-0.2, -0.15) is 5.10 Å². The Morgan fingerprint density at radius 1 is 0.943 bits per heavy atom. The molecule has 0 spiro atoms. The Labute approximate surface area is 204 Å². The van der Waals surface area contributed by atoms with Crippen molar-refractivity contribution in [3.63, 3.8) is 0 Å². The lowest BCUT2D eigenvalue weighted by atomic mass is 9.97. The van der Waals surface area contributed by atoms with Gasteiger partial charge in [0.05, 0.1) is 24.0 Å². The van der Waals surface area contributed by atoms with Gasteiger partial charge in [0.2, 0.25) is 0 Å². The van der Waals surface area contributed by atoms with Gasteiger partial charge in [-0.3, -0.25) is 9.69 Å². The molecule has 0 bridgehead atoms. The number of rotatable bonds is 5. The number of piperazine rings is 1. The average molecular weight is 475 g/mol. The molecule has 3 aromatic rings.